The third-order valence-corrected chi connectivity index (χ3v) is 2.59. The number of carbonyl (C=O) groups excluding carboxylic acids is 1. The number of hydrogen-bond acceptors (Lipinski definition) is 2. The molecule has 1 aromatic rings. The number of rotatable bonds is 6. The summed E-state index contributed by atoms with van der Waals surface area (Å²) < 4.78 is 12.3. The molecule has 1 unspecified atom stereocenters. The van der Waals surface area contributed by atoms with Crippen LogP contribution in [0.4, 0.5) is 4.39 Å². The lowest BCUT2D eigenvalue weighted by atomic mass is 10.1. The topological polar surface area (TPSA) is 66.4 Å². The van der Waals surface area contributed by atoms with Crippen molar-refractivity contribution in [1.82, 2.24) is 5.32 Å². The highest BCUT2D eigenvalue weighted by atomic mass is 35.5. The van der Waals surface area contributed by atoms with E-state index in [-0.39, 0.29) is 6.42 Å². The molecule has 18 heavy (non-hydrogen) atoms. The Balaban J connectivity index is 2.41. The number of carbonyl (C=O) groups is 2. The largest absolute Gasteiger partial charge is 0.480 e. The number of alkyl halides is 1. The molecule has 0 fully saturated rings. The summed E-state index contributed by atoms with van der Waals surface area (Å²) in [6.07, 6.45) is 0.549. The van der Waals surface area contributed by atoms with Crippen molar-refractivity contribution in [2.24, 2.45) is 0 Å². The molecule has 0 radical (unpaired) electrons. The van der Waals surface area contributed by atoms with Crippen LogP contribution in [-0.4, -0.2) is 29.7 Å². The molecule has 0 saturated heterocycles. The number of nitrogens with one attached hydrogen (secondary N) is 1. The molecule has 2 N–H and O–H groups in total. The summed E-state index contributed by atoms with van der Waals surface area (Å²) in [5, 5.41) is 11.3. The highest BCUT2D eigenvalue weighted by molar-refractivity contribution is 6.30. The monoisotopic (exact) mass is 273 g/mol. The first-order valence-electron chi connectivity index (χ1n) is 5.35. The molecule has 0 heterocycles. The zero-order valence-corrected chi connectivity index (χ0v) is 10.3. The molecule has 1 amide bonds. The molecule has 0 aliphatic heterocycles. The Labute approximate surface area is 109 Å². The van der Waals surface area contributed by atoms with Gasteiger partial charge in [-0.05, 0) is 24.1 Å². The summed E-state index contributed by atoms with van der Waals surface area (Å²) in [7, 11) is 0. The van der Waals surface area contributed by atoms with Gasteiger partial charge in [-0.15, -0.1) is 0 Å². The number of carboxylic acid groups (broad SMARTS) is 1. The first kappa shape index (κ1) is 14.4. The van der Waals surface area contributed by atoms with Gasteiger partial charge in [-0.25, -0.2) is 9.18 Å². The van der Waals surface area contributed by atoms with E-state index in [2.05, 4.69) is 5.32 Å². The highest BCUT2D eigenvalue weighted by Crippen LogP contribution is 2.10. The number of amides is 1. The molecule has 6 heteroatoms. The van der Waals surface area contributed by atoms with Gasteiger partial charge in [0.05, 0.1) is 0 Å². The summed E-state index contributed by atoms with van der Waals surface area (Å²) in [5.41, 5.74) is 0.904. The molecule has 1 rings (SSSR count). The fourth-order valence-corrected chi connectivity index (χ4v) is 1.47. The molecule has 0 spiro atoms. The summed E-state index contributed by atoms with van der Waals surface area (Å²) >= 11 is 5.71. The average Bonchev–Trinajstić information content (AvgIpc) is 2.35. The molecule has 0 aromatic heterocycles. The van der Waals surface area contributed by atoms with Crippen molar-refractivity contribution in [3.05, 3.63) is 34.9 Å². The van der Waals surface area contributed by atoms with Gasteiger partial charge in [0.1, 0.15) is 6.67 Å². The van der Waals surface area contributed by atoms with E-state index >= 15 is 0 Å². The third-order valence-electron chi connectivity index (χ3n) is 2.34. The minimum absolute atomic E-state index is 0.103. The van der Waals surface area contributed by atoms with E-state index in [1.807, 2.05) is 0 Å². The Morgan fingerprint density at radius 2 is 1.94 bits per heavy atom. The summed E-state index contributed by atoms with van der Waals surface area (Å²) in [6.45, 7) is -1.12. The SMILES string of the molecule is O=C(CCc1ccc(Cl)cc1)NC(CF)C(=O)O. The normalized spacial score (nSPS) is 11.9. The Morgan fingerprint density at radius 1 is 1.33 bits per heavy atom. The van der Waals surface area contributed by atoms with Crippen LogP contribution in [0, 0.1) is 0 Å². The number of hydrogen-bond donors (Lipinski definition) is 2. The fraction of sp³-hybridized carbons (Fsp3) is 0.333. The predicted octanol–water partition coefficient (Wildman–Crippen LogP) is 1.81. The minimum atomic E-state index is -1.47. The van der Waals surface area contributed by atoms with Crippen LogP contribution in [0.1, 0.15) is 12.0 Å². The van der Waals surface area contributed by atoms with Gasteiger partial charge in [0.15, 0.2) is 6.04 Å². The molecule has 0 aliphatic carbocycles. The van der Waals surface area contributed by atoms with Gasteiger partial charge in [-0.1, -0.05) is 23.7 Å². The second kappa shape index (κ2) is 6.96. The molecule has 1 aromatic carbocycles. The van der Waals surface area contributed by atoms with E-state index in [1.54, 1.807) is 24.3 Å². The first-order chi connectivity index (χ1) is 8.52. The van der Waals surface area contributed by atoms with Gasteiger partial charge in [0.2, 0.25) is 5.91 Å². The van der Waals surface area contributed by atoms with E-state index in [1.165, 1.54) is 0 Å². The smallest absolute Gasteiger partial charge is 0.328 e. The van der Waals surface area contributed by atoms with Gasteiger partial charge in [-0.2, -0.15) is 0 Å². The van der Waals surface area contributed by atoms with Crippen molar-refractivity contribution in [3.63, 3.8) is 0 Å². The minimum Gasteiger partial charge on any atom is -0.480 e. The second-order valence-corrected chi connectivity index (χ2v) is 4.18. The Bertz CT molecular complexity index is 422. The van der Waals surface area contributed by atoms with Crippen LogP contribution in [0.5, 0.6) is 0 Å². The maximum atomic E-state index is 12.3. The van der Waals surface area contributed by atoms with Crippen molar-refractivity contribution >= 4 is 23.5 Å². The number of benzene rings is 1. The van der Waals surface area contributed by atoms with Gasteiger partial charge >= 0.3 is 5.97 Å². The lowest BCUT2D eigenvalue weighted by Crippen LogP contribution is -2.42. The second-order valence-electron chi connectivity index (χ2n) is 3.74. The average molecular weight is 274 g/mol. The van der Waals surface area contributed by atoms with Crippen LogP contribution in [-0.2, 0) is 16.0 Å². The van der Waals surface area contributed by atoms with E-state index in [4.69, 9.17) is 16.7 Å². The van der Waals surface area contributed by atoms with Crippen molar-refractivity contribution in [2.75, 3.05) is 6.67 Å². The number of aliphatic carboxylic acids is 1. The Kier molecular flexibility index (Phi) is 5.58. The molecule has 98 valence electrons. The lowest BCUT2D eigenvalue weighted by Gasteiger charge is -2.10. The zero-order chi connectivity index (χ0) is 13.5. The molecule has 0 saturated carbocycles. The van der Waals surface area contributed by atoms with Crippen LogP contribution in [0.25, 0.3) is 0 Å². The van der Waals surface area contributed by atoms with Gasteiger partial charge in [0.25, 0.3) is 0 Å². The number of aryl methyl sites for hydroxylation is 1. The van der Waals surface area contributed by atoms with Crippen LogP contribution in [0.3, 0.4) is 0 Å². The summed E-state index contributed by atoms with van der Waals surface area (Å²) in [5.74, 6) is -1.87. The molecule has 1 atom stereocenters. The van der Waals surface area contributed by atoms with Crippen molar-refractivity contribution < 1.29 is 19.1 Å². The first-order valence-corrected chi connectivity index (χ1v) is 5.73. The highest BCUT2D eigenvalue weighted by Gasteiger charge is 2.19. The molecule has 0 bridgehead atoms. The maximum absolute atomic E-state index is 12.3. The van der Waals surface area contributed by atoms with E-state index in [0.29, 0.717) is 11.4 Å². The van der Waals surface area contributed by atoms with Crippen LogP contribution >= 0.6 is 11.6 Å². The number of halogens is 2. The zero-order valence-electron chi connectivity index (χ0n) is 9.53. The quantitative estimate of drug-likeness (QED) is 0.831. The molecular formula is C12H13ClFNO3. The summed E-state index contributed by atoms with van der Waals surface area (Å²) in [4.78, 5) is 21.9. The van der Waals surface area contributed by atoms with Gasteiger partial charge < -0.3 is 10.4 Å². The van der Waals surface area contributed by atoms with E-state index in [9.17, 15) is 14.0 Å². The van der Waals surface area contributed by atoms with Gasteiger partial charge in [-0.3, -0.25) is 4.79 Å². The standard InChI is InChI=1S/C12H13ClFNO3/c13-9-4-1-8(2-5-9)3-6-11(16)15-10(7-14)12(17)18/h1-2,4-5,10H,3,6-7H2,(H,15,16)(H,17,18). The lowest BCUT2D eigenvalue weighted by molar-refractivity contribution is -0.142. The fourth-order valence-electron chi connectivity index (χ4n) is 1.34. The molecular weight excluding hydrogens is 261 g/mol. The molecule has 0 aliphatic rings. The summed E-state index contributed by atoms with van der Waals surface area (Å²) in [6, 6.07) is 5.49. The predicted molar refractivity (Wildman–Crippen MR) is 65.3 cm³/mol. The van der Waals surface area contributed by atoms with Crippen LogP contribution in [0.2, 0.25) is 5.02 Å². The maximum Gasteiger partial charge on any atom is 0.328 e. The van der Waals surface area contributed by atoms with Gasteiger partial charge in [0, 0.05) is 11.4 Å². The Hall–Kier alpha value is -1.62. The van der Waals surface area contributed by atoms with Crippen LogP contribution in [0.15, 0.2) is 24.3 Å². The third kappa shape index (κ3) is 4.71. The van der Waals surface area contributed by atoms with E-state index in [0.717, 1.165) is 5.56 Å². The van der Waals surface area contributed by atoms with Crippen molar-refractivity contribution in [2.45, 2.75) is 18.9 Å². The van der Waals surface area contributed by atoms with Crippen molar-refractivity contribution in [1.29, 1.82) is 0 Å². The van der Waals surface area contributed by atoms with E-state index < -0.39 is 24.6 Å². The van der Waals surface area contributed by atoms with Crippen molar-refractivity contribution in [3.8, 4) is 0 Å². The van der Waals surface area contributed by atoms with Crippen LogP contribution < -0.4 is 5.32 Å². The number of carboxylic acids is 1. The molecule has 4 nitrogen and oxygen atoms in total. The Morgan fingerprint density at radius 3 is 2.44 bits per heavy atom.